The number of nitrogens with one attached hydrogen (secondary N) is 1. The Labute approximate surface area is 145 Å². The Morgan fingerprint density at radius 3 is 2.88 bits per heavy atom. The normalized spacial score (nSPS) is 23.0. The highest BCUT2D eigenvalue weighted by Gasteiger charge is 2.53. The first-order valence-electron chi connectivity index (χ1n) is 8.40. The molecule has 7 heteroatoms. The first-order chi connectivity index (χ1) is 12.0. The van der Waals surface area contributed by atoms with Crippen LogP contribution in [0.5, 0.6) is 5.75 Å². The fourth-order valence-electron chi connectivity index (χ4n) is 4.14. The molecule has 1 atom stereocenters. The molecule has 0 saturated carbocycles. The van der Waals surface area contributed by atoms with Gasteiger partial charge in [-0.05, 0) is 37.1 Å². The van der Waals surface area contributed by atoms with Crippen molar-refractivity contribution in [3.05, 3.63) is 29.5 Å². The maximum atomic E-state index is 13.2. The van der Waals surface area contributed by atoms with Gasteiger partial charge in [-0.3, -0.25) is 9.59 Å². The van der Waals surface area contributed by atoms with Gasteiger partial charge in [-0.2, -0.15) is 0 Å². The van der Waals surface area contributed by atoms with Gasteiger partial charge in [0.2, 0.25) is 5.91 Å². The Hall–Kier alpha value is -2.54. The van der Waals surface area contributed by atoms with Crippen LogP contribution in [0.25, 0.3) is 10.9 Å². The van der Waals surface area contributed by atoms with Crippen molar-refractivity contribution in [2.45, 2.75) is 18.9 Å². The summed E-state index contributed by atoms with van der Waals surface area (Å²) < 4.78 is 5.32. The topological polar surface area (TPSA) is 85.9 Å². The lowest BCUT2D eigenvalue weighted by atomic mass is 9.83. The maximum absolute atomic E-state index is 13.2. The third-order valence-corrected chi connectivity index (χ3v) is 5.43. The molecule has 1 aromatic carbocycles. The lowest BCUT2D eigenvalue weighted by Crippen LogP contribution is -2.67. The van der Waals surface area contributed by atoms with E-state index in [1.807, 2.05) is 18.2 Å². The average Bonchev–Trinajstić information content (AvgIpc) is 2.99. The number of amides is 2. The molecule has 4 rings (SSSR count). The van der Waals surface area contributed by atoms with Gasteiger partial charge in [-0.1, -0.05) is 0 Å². The number of fused-ring (bicyclic) bond motifs is 5. The number of hydrogen-bond donors (Lipinski definition) is 2. The molecule has 2 aromatic rings. The molecule has 7 nitrogen and oxygen atoms in total. The maximum Gasteiger partial charge on any atom is 0.255 e. The van der Waals surface area contributed by atoms with E-state index in [-0.39, 0.29) is 31.5 Å². The van der Waals surface area contributed by atoms with Gasteiger partial charge in [0.1, 0.15) is 5.75 Å². The standard InChI is InChI=1S/C18H21N3O4/c1-18-16-12(13-9-11(25-2)3-4-14(13)19-16)5-6-21(18)15(23)10-20(7-8-22)17(18)24/h3-4,9,19,22H,5-8,10H2,1-2H3/t18-/m1/s1. The third kappa shape index (κ3) is 2.08. The zero-order valence-corrected chi connectivity index (χ0v) is 14.3. The summed E-state index contributed by atoms with van der Waals surface area (Å²) in [4.78, 5) is 32.2. The van der Waals surface area contributed by atoms with Crippen molar-refractivity contribution >= 4 is 22.7 Å². The highest BCUT2D eigenvalue weighted by atomic mass is 16.5. The van der Waals surface area contributed by atoms with E-state index >= 15 is 0 Å². The number of methoxy groups -OCH3 is 1. The van der Waals surface area contributed by atoms with Crippen LogP contribution >= 0.6 is 0 Å². The summed E-state index contributed by atoms with van der Waals surface area (Å²) in [6, 6.07) is 5.77. The molecule has 2 amide bonds. The lowest BCUT2D eigenvalue weighted by molar-refractivity contribution is -0.166. The second-order valence-electron chi connectivity index (χ2n) is 6.71. The van der Waals surface area contributed by atoms with Crippen LogP contribution < -0.4 is 4.74 Å². The Kier molecular flexibility index (Phi) is 3.50. The number of aromatic nitrogens is 1. The van der Waals surface area contributed by atoms with E-state index in [0.717, 1.165) is 27.9 Å². The fraction of sp³-hybridized carbons (Fsp3) is 0.444. The van der Waals surface area contributed by atoms with E-state index in [9.17, 15) is 14.7 Å². The number of rotatable bonds is 3. The summed E-state index contributed by atoms with van der Waals surface area (Å²) >= 11 is 0. The molecule has 0 radical (unpaired) electrons. The molecule has 0 bridgehead atoms. The molecule has 3 heterocycles. The van der Waals surface area contributed by atoms with E-state index in [2.05, 4.69) is 4.98 Å². The zero-order chi connectivity index (χ0) is 17.8. The number of aliphatic hydroxyl groups is 1. The van der Waals surface area contributed by atoms with Gasteiger partial charge in [-0.25, -0.2) is 0 Å². The number of carbonyl (C=O) groups excluding carboxylic acids is 2. The molecule has 0 spiro atoms. The Balaban J connectivity index is 1.90. The van der Waals surface area contributed by atoms with Crippen LogP contribution in [0.3, 0.4) is 0 Å². The largest absolute Gasteiger partial charge is 0.497 e. The predicted molar refractivity (Wildman–Crippen MR) is 91.3 cm³/mol. The van der Waals surface area contributed by atoms with Gasteiger partial charge in [-0.15, -0.1) is 0 Å². The number of aliphatic hydroxyl groups excluding tert-OH is 1. The van der Waals surface area contributed by atoms with Gasteiger partial charge in [0.05, 0.1) is 26.0 Å². The quantitative estimate of drug-likeness (QED) is 0.855. The molecular weight excluding hydrogens is 322 g/mol. The van der Waals surface area contributed by atoms with Crippen molar-refractivity contribution in [2.75, 3.05) is 33.4 Å². The van der Waals surface area contributed by atoms with E-state index in [1.165, 1.54) is 4.90 Å². The van der Waals surface area contributed by atoms with Crippen LogP contribution in [0.2, 0.25) is 0 Å². The average molecular weight is 343 g/mol. The van der Waals surface area contributed by atoms with Gasteiger partial charge in [0, 0.05) is 24.0 Å². The first kappa shape index (κ1) is 16.0. The summed E-state index contributed by atoms with van der Waals surface area (Å²) in [6.45, 7) is 2.33. The van der Waals surface area contributed by atoms with Crippen LogP contribution in [0, 0.1) is 0 Å². The zero-order valence-electron chi connectivity index (χ0n) is 14.3. The molecule has 1 fully saturated rings. The number of carbonyl (C=O) groups is 2. The molecule has 2 N–H and O–H groups in total. The monoisotopic (exact) mass is 343 g/mol. The summed E-state index contributed by atoms with van der Waals surface area (Å²) in [7, 11) is 1.62. The molecule has 25 heavy (non-hydrogen) atoms. The number of nitrogens with zero attached hydrogens (tertiary/aromatic N) is 2. The summed E-state index contributed by atoms with van der Waals surface area (Å²) in [5, 5.41) is 10.3. The highest BCUT2D eigenvalue weighted by molar-refractivity contribution is 6.00. The summed E-state index contributed by atoms with van der Waals surface area (Å²) in [6.07, 6.45) is 0.692. The van der Waals surface area contributed by atoms with E-state index in [4.69, 9.17) is 4.74 Å². The lowest BCUT2D eigenvalue weighted by Gasteiger charge is -2.49. The number of H-pyrrole nitrogens is 1. The van der Waals surface area contributed by atoms with Crippen molar-refractivity contribution in [1.82, 2.24) is 14.8 Å². The van der Waals surface area contributed by atoms with Crippen molar-refractivity contribution in [1.29, 1.82) is 0 Å². The van der Waals surface area contributed by atoms with Crippen molar-refractivity contribution in [3.8, 4) is 5.75 Å². The summed E-state index contributed by atoms with van der Waals surface area (Å²) in [5.41, 5.74) is 1.68. The van der Waals surface area contributed by atoms with Gasteiger partial charge < -0.3 is 24.6 Å². The number of benzene rings is 1. The van der Waals surface area contributed by atoms with Crippen LogP contribution in [-0.2, 0) is 21.5 Å². The molecule has 1 aromatic heterocycles. The molecule has 2 aliphatic heterocycles. The number of β-amino-alcohol motifs (C(OH)–C–C–N with tert-alkyl or cyclic N) is 1. The Bertz CT molecular complexity index is 875. The minimum absolute atomic E-state index is 0.0262. The van der Waals surface area contributed by atoms with Crippen LogP contribution in [0.1, 0.15) is 18.2 Å². The van der Waals surface area contributed by atoms with E-state index in [1.54, 1.807) is 18.9 Å². The van der Waals surface area contributed by atoms with E-state index in [0.29, 0.717) is 13.0 Å². The smallest absolute Gasteiger partial charge is 0.255 e. The van der Waals surface area contributed by atoms with Crippen molar-refractivity contribution < 1.29 is 19.4 Å². The number of hydrogen-bond acceptors (Lipinski definition) is 4. The molecular formula is C18H21N3O4. The molecule has 132 valence electrons. The second kappa shape index (κ2) is 5.49. The predicted octanol–water partition coefficient (Wildman–Crippen LogP) is 0.611. The van der Waals surface area contributed by atoms with Crippen LogP contribution in [0.15, 0.2) is 18.2 Å². The van der Waals surface area contributed by atoms with E-state index < -0.39 is 5.54 Å². The summed E-state index contributed by atoms with van der Waals surface area (Å²) in [5.74, 6) is 0.521. The minimum Gasteiger partial charge on any atom is -0.497 e. The number of ether oxygens (including phenoxy) is 1. The molecule has 2 aliphatic rings. The molecule has 0 unspecified atom stereocenters. The SMILES string of the molecule is COc1ccc2[nH]c3c(c2c1)CCN1C(=O)CN(CCO)C(=O)[C@@]31C. The van der Waals surface area contributed by atoms with Gasteiger partial charge in [0.25, 0.3) is 5.91 Å². The van der Waals surface area contributed by atoms with Crippen molar-refractivity contribution in [2.24, 2.45) is 0 Å². The Morgan fingerprint density at radius 1 is 1.36 bits per heavy atom. The highest BCUT2D eigenvalue weighted by Crippen LogP contribution is 2.42. The second-order valence-corrected chi connectivity index (χ2v) is 6.71. The van der Waals surface area contributed by atoms with Gasteiger partial charge in [0.15, 0.2) is 5.54 Å². The van der Waals surface area contributed by atoms with Crippen LogP contribution in [-0.4, -0.2) is 65.1 Å². The van der Waals surface area contributed by atoms with Crippen LogP contribution in [0.4, 0.5) is 0 Å². The number of piperazine rings is 1. The Morgan fingerprint density at radius 2 is 2.16 bits per heavy atom. The van der Waals surface area contributed by atoms with Crippen molar-refractivity contribution in [3.63, 3.8) is 0 Å². The fourth-order valence-corrected chi connectivity index (χ4v) is 4.14. The number of aromatic amines is 1. The molecule has 0 aliphatic carbocycles. The third-order valence-electron chi connectivity index (χ3n) is 5.43. The van der Waals surface area contributed by atoms with Gasteiger partial charge >= 0.3 is 0 Å². The first-order valence-corrected chi connectivity index (χ1v) is 8.40. The minimum atomic E-state index is -1.07. The molecule has 1 saturated heterocycles.